The van der Waals surface area contributed by atoms with Gasteiger partial charge in [0.25, 0.3) is 5.56 Å². The van der Waals surface area contributed by atoms with Crippen molar-refractivity contribution in [1.82, 2.24) is 14.1 Å². The molecule has 1 aromatic carbocycles. The summed E-state index contributed by atoms with van der Waals surface area (Å²) in [5.74, 6) is 1.09. The average Bonchev–Trinajstić information content (AvgIpc) is 3.46. The van der Waals surface area contributed by atoms with Crippen LogP contribution in [0.4, 0.5) is 11.4 Å². The molecule has 7 nitrogen and oxygen atoms in total. The molecular weight excluding hydrogens is 472 g/mol. The van der Waals surface area contributed by atoms with E-state index in [0.717, 1.165) is 40.4 Å². The SMILES string of the molecule is COc1cc(Nc2cc(C3CC3)cn([C@@H](CO)c3ccc(Cl)s3)c2=O)ccc1-n1cnc(C)c1. The molecule has 1 aliphatic rings. The molecule has 34 heavy (non-hydrogen) atoms. The lowest BCUT2D eigenvalue weighted by Gasteiger charge is -2.20. The van der Waals surface area contributed by atoms with Crippen LogP contribution in [0.2, 0.25) is 4.34 Å². The standard InChI is InChI=1S/C25H25ClN4O3S/c1-15-11-29(14-27-15)20-6-5-18(10-22(20)33-2)28-19-9-17(16-3-4-16)12-30(25(19)32)21(13-31)23-7-8-24(26)34-23/h5-12,14,16,21,28,31H,3-4,13H2,1-2H3/t21-/m0/s1. The molecule has 9 heteroatoms. The van der Waals surface area contributed by atoms with E-state index in [2.05, 4.69) is 10.3 Å². The van der Waals surface area contributed by atoms with Crippen LogP contribution in [0.15, 0.2) is 59.9 Å². The van der Waals surface area contributed by atoms with Gasteiger partial charge in [0.05, 0.1) is 41.8 Å². The maximum absolute atomic E-state index is 13.5. The van der Waals surface area contributed by atoms with Gasteiger partial charge in [-0.2, -0.15) is 0 Å². The number of anilines is 2. The molecule has 0 bridgehead atoms. The van der Waals surface area contributed by atoms with E-state index in [-0.39, 0.29) is 12.2 Å². The molecule has 176 valence electrons. The van der Waals surface area contributed by atoms with Gasteiger partial charge in [0.2, 0.25) is 0 Å². The predicted octanol–water partition coefficient (Wildman–Crippen LogP) is 5.27. The fourth-order valence-electron chi connectivity index (χ4n) is 4.08. The first-order valence-electron chi connectivity index (χ1n) is 11.0. The Labute approximate surface area is 206 Å². The Kier molecular flexibility index (Phi) is 6.20. The first-order chi connectivity index (χ1) is 16.5. The molecule has 0 spiro atoms. The largest absolute Gasteiger partial charge is 0.494 e. The van der Waals surface area contributed by atoms with E-state index < -0.39 is 6.04 Å². The topological polar surface area (TPSA) is 81.3 Å². The van der Waals surface area contributed by atoms with E-state index in [0.29, 0.717) is 21.7 Å². The van der Waals surface area contributed by atoms with Crippen molar-refractivity contribution in [2.24, 2.45) is 0 Å². The molecule has 0 amide bonds. The molecule has 0 unspecified atom stereocenters. The van der Waals surface area contributed by atoms with Crippen LogP contribution in [-0.2, 0) is 0 Å². The van der Waals surface area contributed by atoms with Gasteiger partial charge < -0.3 is 24.3 Å². The Hall–Kier alpha value is -3.07. The molecular formula is C25H25ClN4O3S. The van der Waals surface area contributed by atoms with E-state index in [1.807, 2.05) is 54.2 Å². The predicted molar refractivity (Wildman–Crippen MR) is 135 cm³/mol. The van der Waals surface area contributed by atoms with Crippen molar-refractivity contribution in [3.63, 3.8) is 0 Å². The van der Waals surface area contributed by atoms with E-state index in [4.69, 9.17) is 16.3 Å². The number of halogens is 1. The Morgan fingerprint density at radius 3 is 2.71 bits per heavy atom. The lowest BCUT2D eigenvalue weighted by atomic mass is 10.1. The number of benzene rings is 1. The molecule has 1 saturated carbocycles. The third-order valence-corrected chi connectivity index (χ3v) is 7.32. The second kappa shape index (κ2) is 9.29. The number of aryl methyl sites for hydroxylation is 1. The molecule has 1 fully saturated rings. The lowest BCUT2D eigenvalue weighted by Crippen LogP contribution is -2.29. The van der Waals surface area contributed by atoms with Crippen molar-refractivity contribution in [1.29, 1.82) is 0 Å². The number of thiophene rings is 1. The number of imidazole rings is 1. The molecule has 4 aromatic rings. The number of ether oxygens (including phenoxy) is 1. The third-order valence-electron chi connectivity index (χ3n) is 5.99. The molecule has 3 heterocycles. The maximum Gasteiger partial charge on any atom is 0.274 e. The molecule has 1 atom stereocenters. The highest BCUT2D eigenvalue weighted by Gasteiger charge is 2.27. The number of hydrogen-bond acceptors (Lipinski definition) is 6. The average molecular weight is 497 g/mol. The van der Waals surface area contributed by atoms with Crippen molar-refractivity contribution in [2.75, 3.05) is 19.0 Å². The zero-order chi connectivity index (χ0) is 23.8. The van der Waals surface area contributed by atoms with Crippen LogP contribution >= 0.6 is 22.9 Å². The van der Waals surface area contributed by atoms with Crippen LogP contribution in [0.5, 0.6) is 5.75 Å². The highest BCUT2D eigenvalue weighted by atomic mass is 35.5. The summed E-state index contributed by atoms with van der Waals surface area (Å²) in [6, 6.07) is 10.8. The minimum atomic E-state index is -0.495. The highest BCUT2D eigenvalue weighted by Crippen LogP contribution is 2.41. The first kappa shape index (κ1) is 22.7. The van der Waals surface area contributed by atoms with E-state index in [1.54, 1.807) is 24.1 Å². The van der Waals surface area contributed by atoms with E-state index in [1.165, 1.54) is 11.3 Å². The molecule has 0 radical (unpaired) electrons. The van der Waals surface area contributed by atoms with Gasteiger partial charge in [-0.25, -0.2) is 4.98 Å². The summed E-state index contributed by atoms with van der Waals surface area (Å²) < 4.78 is 9.76. The molecule has 3 aromatic heterocycles. The Balaban J connectivity index is 1.53. The quantitative estimate of drug-likeness (QED) is 0.347. The summed E-state index contributed by atoms with van der Waals surface area (Å²) in [6.45, 7) is 1.73. The van der Waals surface area contributed by atoms with E-state index in [9.17, 15) is 9.90 Å². The van der Waals surface area contributed by atoms with Crippen molar-refractivity contribution < 1.29 is 9.84 Å². The van der Waals surface area contributed by atoms with Gasteiger partial charge in [-0.1, -0.05) is 11.6 Å². The van der Waals surface area contributed by atoms with E-state index >= 15 is 0 Å². The minimum Gasteiger partial charge on any atom is -0.494 e. The van der Waals surface area contributed by atoms with Gasteiger partial charge in [0, 0.05) is 29.0 Å². The summed E-state index contributed by atoms with van der Waals surface area (Å²) in [6.07, 6.45) is 7.74. The number of aliphatic hydroxyl groups excluding tert-OH is 1. The second-order valence-electron chi connectivity index (χ2n) is 8.45. The number of nitrogens with one attached hydrogen (secondary N) is 1. The summed E-state index contributed by atoms with van der Waals surface area (Å²) in [4.78, 5) is 18.6. The number of aromatic nitrogens is 3. The smallest absolute Gasteiger partial charge is 0.274 e. The molecule has 0 aliphatic heterocycles. The molecule has 1 aliphatic carbocycles. The van der Waals surface area contributed by atoms with Crippen molar-refractivity contribution in [2.45, 2.75) is 31.7 Å². The number of nitrogens with zero attached hydrogens (tertiary/aromatic N) is 3. The zero-order valence-electron chi connectivity index (χ0n) is 18.9. The summed E-state index contributed by atoms with van der Waals surface area (Å²) >= 11 is 7.50. The van der Waals surface area contributed by atoms with Crippen LogP contribution in [0.3, 0.4) is 0 Å². The van der Waals surface area contributed by atoms with Crippen molar-refractivity contribution in [3.8, 4) is 11.4 Å². The van der Waals surface area contributed by atoms with Crippen LogP contribution in [0.1, 0.15) is 40.9 Å². The third kappa shape index (κ3) is 4.49. The first-order valence-corrected chi connectivity index (χ1v) is 12.2. The molecule has 2 N–H and O–H groups in total. The van der Waals surface area contributed by atoms with Crippen LogP contribution in [-0.4, -0.2) is 32.9 Å². The highest BCUT2D eigenvalue weighted by molar-refractivity contribution is 7.16. The number of hydrogen-bond donors (Lipinski definition) is 2. The summed E-state index contributed by atoms with van der Waals surface area (Å²) in [7, 11) is 1.62. The van der Waals surface area contributed by atoms with Crippen molar-refractivity contribution >= 4 is 34.3 Å². The lowest BCUT2D eigenvalue weighted by molar-refractivity contribution is 0.249. The van der Waals surface area contributed by atoms with Gasteiger partial charge in [0.1, 0.15) is 11.4 Å². The van der Waals surface area contributed by atoms with Gasteiger partial charge in [-0.05, 0) is 61.6 Å². The normalized spacial score (nSPS) is 14.2. The van der Waals surface area contributed by atoms with Crippen LogP contribution in [0, 0.1) is 6.92 Å². The fourth-order valence-corrected chi connectivity index (χ4v) is 5.24. The Bertz CT molecular complexity index is 1390. The van der Waals surface area contributed by atoms with Crippen LogP contribution < -0.4 is 15.6 Å². The van der Waals surface area contributed by atoms with Crippen molar-refractivity contribution in [3.05, 3.63) is 85.9 Å². The zero-order valence-corrected chi connectivity index (χ0v) is 20.4. The minimum absolute atomic E-state index is 0.197. The summed E-state index contributed by atoms with van der Waals surface area (Å²) in [5.41, 5.74) is 3.83. The number of aliphatic hydroxyl groups is 1. The number of methoxy groups -OCH3 is 1. The molecule has 0 saturated heterocycles. The number of pyridine rings is 1. The second-order valence-corrected chi connectivity index (χ2v) is 10.2. The van der Waals surface area contributed by atoms with Gasteiger partial charge in [-0.15, -0.1) is 11.3 Å². The Morgan fingerprint density at radius 1 is 1.26 bits per heavy atom. The fraction of sp³-hybridized carbons (Fsp3) is 0.280. The Morgan fingerprint density at radius 2 is 2.09 bits per heavy atom. The van der Waals surface area contributed by atoms with Gasteiger partial charge >= 0.3 is 0 Å². The molecule has 5 rings (SSSR count). The number of rotatable bonds is 8. The van der Waals surface area contributed by atoms with Gasteiger partial charge in [0.15, 0.2) is 0 Å². The monoisotopic (exact) mass is 496 g/mol. The summed E-state index contributed by atoms with van der Waals surface area (Å²) in [5, 5.41) is 13.4. The maximum atomic E-state index is 13.5. The van der Waals surface area contributed by atoms with Gasteiger partial charge in [-0.3, -0.25) is 4.79 Å². The van der Waals surface area contributed by atoms with Crippen LogP contribution in [0.25, 0.3) is 5.69 Å².